The first-order chi connectivity index (χ1) is 13.0. The summed E-state index contributed by atoms with van der Waals surface area (Å²) in [6.07, 6.45) is 3.37. The van der Waals surface area contributed by atoms with Crippen molar-refractivity contribution in [1.29, 1.82) is 0 Å². The molecule has 2 aromatic rings. The number of hydrogen-bond acceptors (Lipinski definition) is 6. The summed E-state index contributed by atoms with van der Waals surface area (Å²) in [5, 5.41) is 2.76. The summed E-state index contributed by atoms with van der Waals surface area (Å²) in [6, 6.07) is 6.01. The van der Waals surface area contributed by atoms with Gasteiger partial charge in [0.1, 0.15) is 0 Å². The van der Waals surface area contributed by atoms with Crippen LogP contribution < -0.4 is 9.62 Å². The van der Waals surface area contributed by atoms with Crippen molar-refractivity contribution in [3.8, 4) is 0 Å². The van der Waals surface area contributed by atoms with E-state index in [0.29, 0.717) is 6.54 Å². The van der Waals surface area contributed by atoms with Crippen LogP contribution in [0.2, 0.25) is 0 Å². The Morgan fingerprint density at radius 1 is 1.37 bits per heavy atom. The number of benzene rings is 1. The molecule has 2 aliphatic heterocycles. The van der Waals surface area contributed by atoms with Gasteiger partial charge in [-0.3, -0.25) is 9.69 Å². The summed E-state index contributed by atoms with van der Waals surface area (Å²) in [7, 11) is 0. The zero-order valence-electron chi connectivity index (χ0n) is 14.7. The van der Waals surface area contributed by atoms with Gasteiger partial charge in [0, 0.05) is 41.7 Å². The van der Waals surface area contributed by atoms with Crippen LogP contribution in [0.25, 0.3) is 0 Å². The van der Waals surface area contributed by atoms with Crippen LogP contribution in [-0.2, 0) is 11.2 Å². The van der Waals surface area contributed by atoms with E-state index in [0.717, 1.165) is 34.1 Å². The first kappa shape index (κ1) is 18.6. The van der Waals surface area contributed by atoms with Gasteiger partial charge in [0.15, 0.2) is 5.13 Å². The molecule has 3 heterocycles. The van der Waals surface area contributed by atoms with Crippen LogP contribution in [0.5, 0.6) is 0 Å². The molecule has 1 N–H and O–H groups in total. The lowest BCUT2D eigenvalue weighted by molar-refractivity contribution is -0.119. The zero-order valence-corrected chi connectivity index (χ0v) is 16.3. The third kappa shape index (κ3) is 4.41. The van der Waals surface area contributed by atoms with Gasteiger partial charge < -0.3 is 9.62 Å². The number of nitrogens with one attached hydrogen (secondary N) is 1. The Labute approximate surface area is 164 Å². The first-order valence-corrected chi connectivity index (χ1v) is 10.6. The number of rotatable bonds is 5. The Hall–Kier alpha value is -1.71. The lowest BCUT2D eigenvalue weighted by Crippen LogP contribution is -2.42. The van der Waals surface area contributed by atoms with Gasteiger partial charge in [-0.25, -0.2) is 13.8 Å². The molecule has 0 spiro atoms. The Balaban J connectivity index is 1.42. The van der Waals surface area contributed by atoms with Crippen molar-refractivity contribution < 1.29 is 13.6 Å². The third-order valence-corrected chi connectivity index (χ3v) is 6.37. The molecule has 0 radical (unpaired) electrons. The van der Waals surface area contributed by atoms with E-state index in [-0.39, 0.29) is 32.0 Å². The summed E-state index contributed by atoms with van der Waals surface area (Å²) >= 11 is 3.03. The highest BCUT2D eigenvalue weighted by Crippen LogP contribution is 2.33. The quantitative estimate of drug-likeness (QED) is 0.758. The predicted octanol–water partition coefficient (Wildman–Crippen LogP) is 3.88. The van der Waals surface area contributed by atoms with Gasteiger partial charge in [-0.05, 0) is 48.6 Å². The van der Waals surface area contributed by atoms with E-state index in [9.17, 15) is 13.6 Å². The Morgan fingerprint density at radius 2 is 2.26 bits per heavy atom. The number of halogens is 2. The number of carbonyl (C=O) groups is 1. The zero-order chi connectivity index (χ0) is 18.9. The summed E-state index contributed by atoms with van der Waals surface area (Å²) in [5.41, 5.74) is 2.02. The van der Waals surface area contributed by atoms with Crippen LogP contribution in [0.4, 0.5) is 19.6 Å². The van der Waals surface area contributed by atoms with Crippen LogP contribution in [0.1, 0.15) is 18.4 Å². The minimum Gasteiger partial charge on any atom is -0.311 e. The van der Waals surface area contributed by atoms with Crippen molar-refractivity contribution in [2.45, 2.75) is 30.1 Å². The molecule has 1 amide bonds. The van der Waals surface area contributed by atoms with Crippen molar-refractivity contribution in [1.82, 2.24) is 9.88 Å². The van der Waals surface area contributed by atoms with Gasteiger partial charge in [-0.15, -0.1) is 11.3 Å². The van der Waals surface area contributed by atoms with Crippen LogP contribution in [-0.4, -0.2) is 47.9 Å². The van der Waals surface area contributed by atoms with Gasteiger partial charge in [0.05, 0.1) is 13.1 Å². The van der Waals surface area contributed by atoms with E-state index in [4.69, 9.17) is 0 Å². The van der Waals surface area contributed by atoms with E-state index >= 15 is 0 Å². The maximum Gasteiger partial charge on any atom is 0.261 e. The van der Waals surface area contributed by atoms with E-state index in [1.54, 1.807) is 16.0 Å². The number of nitrogens with zero attached hydrogens (tertiary/aromatic N) is 3. The van der Waals surface area contributed by atoms with E-state index in [1.807, 2.05) is 17.5 Å². The number of hydrogen-bond donors (Lipinski definition) is 1. The minimum atomic E-state index is -2.67. The molecular formula is C18H20F2N4OS2. The summed E-state index contributed by atoms with van der Waals surface area (Å²) in [4.78, 5) is 21.3. The molecule has 144 valence electrons. The maximum absolute atomic E-state index is 13.4. The molecule has 0 unspecified atom stereocenters. The average Bonchev–Trinajstić information content (AvgIpc) is 3.28. The fourth-order valence-corrected chi connectivity index (χ4v) is 4.78. The van der Waals surface area contributed by atoms with Gasteiger partial charge >= 0.3 is 0 Å². The molecular weight excluding hydrogens is 390 g/mol. The van der Waals surface area contributed by atoms with E-state index in [1.165, 1.54) is 23.3 Å². The second-order valence-corrected chi connectivity index (χ2v) is 8.57. The predicted molar refractivity (Wildman–Crippen MR) is 105 cm³/mol. The molecule has 1 saturated heterocycles. The lowest BCUT2D eigenvalue weighted by atomic mass is 10.0. The molecule has 0 saturated carbocycles. The fraction of sp³-hybridized carbons (Fsp3) is 0.444. The Kier molecular flexibility index (Phi) is 5.34. The normalized spacial score (nSPS) is 19.1. The first-order valence-electron chi connectivity index (χ1n) is 8.86. The smallest absolute Gasteiger partial charge is 0.261 e. The number of carbonyl (C=O) groups excluding carboxylic acids is 1. The molecule has 1 aromatic heterocycles. The highest BCUT2D eigenvalue weighted by Gasteiger charge is 2.39. The van der Waals surface area contributed by atoms with Crippen molar-refractivity contribution in [2.75, 3.05) is 35.8 Å². The molecule has 9 heteroatoms. The van der Waals surface area contributed by atoms with Crippen molar-refractivity contribution >= 4 is 40.0 Å². The van der Waals surface area contributed by atoms with Gasteiger partial charge in [0.25, 0.3) is 5.92 Å². The van der Waals surface area contributed by atoms with E-state index in [2.05, 4.69) is 15.8 Å². The number of likely N-dealkylation sites (tertiary alicyclic amines) is 1. The molecule has 1 aromatic carbocycles. The molecule has 0 atom stereocenters. The largest absolute Gasteiger partial charge is 0.311 e. The van der Waals surface area contributed by atoms with Crippen LogP contribution in [0, 0.1) is 0 Å². The minimum absolute atomic E-state index is 0.0527. The number of anilines is 2. The number of aromatic nitrogens is 1. The SMILES string of the molecule is O=C(CN1CCC(F)(F)C1)N1CCCc2cc(SNc3nccs3)ccc21. The number of fused-ring (bicyclic) bond motifs is 1. The number of amides is 1. The summed E-state index contributed by atoms with van der Waals surface area (Å²) in [6.45, 7) is 0.645. The maximum atomic E-state index is 13.4. The Bertz CT molecular complexity index is 816. The number of aryl methyl sites for hydroxylation is 1. The third-order valence-electron chi connectivity index (χ3n) is 4.77. The Morgan fingerprint density at radius 3 is 3.00 bits per heavy atom. The van der Waals surface area contributed by atoms with E-state index < -0.39 is 5.92 Å². The van der Waals surface area contributed by atoms with Crippen molar-refractivity contribution in [3.05, 3.63) is 35.3 Å². The van der Waals surface area contributed by atoms with Gasteiger partial charge in [-0.2, -0.15) is 0 Å². The number of thiazole rings is 1. The second-order valence-electron chi connectivity index (χ2n) is 6.80. The van der Waals surface area contributed by atoms with Crippen molar-refractivity contribution in [2.24, 2.45) is 0 Å². The number of alkyl halides is 2. The van der Waals surface area contributed by atoms with Gasteiger partial charge in [-0.1, -0.05) is 0 Å². The highest BCUT2D eigenvalue weighted by atomic mass is 32.2. The molecule has 0 aliphatic carbocycles. The van der Waals surface area contributed by atoms with Gasteiger partial charge in [0.2, 0.25) is 5.91 Å². The molecule has 0 bridgehead atoms. The monoisotopic (exact) mass is 410 g/mol. The molecule has 27 heavy (non-hydrogen) atoms. The van der Waals surface area contributed by atoms with Crippen molar-refractivity contribution in [3.63, 3.8) is 0 Å². The molecule has 4 rings (SSSR count). The molecule has 2 aliphatic rings. The lowest BCUT2D eigenvalue weighted by Gasteiger charge is -2.31. The average molecular weight is 411 g/mol. The highest BCUT2D eigenvalue weighted by molar-refractivity contribution is 8.00. The molecule has 1 fully saturated rings. The summed E-state index contributed by atoms with van der Waals surface area (Å²) in [5.74, 6) is -2.77. The van der Waals surface area contributed by atoms with Crippen LogP contribution >= 0.6 is 23.3 Å². The summed E-state index contributed by atoms with van der Waals surface area (Å²) < 4.78 is 29.9. The molecule has 5 nitrogen and oxygen atoms in total. The topological polar surface area (TPSA) is 48.5 Å². The van der Waals surface area contributed by atoms with Crippen LogP contribution in [0.3, 0.4) is 0 Å². The fourth-order valence-electron chi connectivity index (χ4n) is 3.49. The second kappa shape index (κ2) is 7.73. The standard InChI is InChI=1S/C18H20F2N4OS2/c19-18(20)5-8-23(12-18)11-16(25)24-7-1-2-13-10-14(3-4-15(13)24)27-22-17-21-6-9-26-17/h3-4,6,9-10H,1-2,5,7-8,11-12H2,(H,21,22). The van der Waals surface area contributed by atoms with Crippen LogP contribution in [0.15, 0.2) is 34.7 Å².